The molecular formula is C43H74O9P8. The number of carbonyl (C=O) groups is 1. The molecule has 7 saturated heterocycles. The molecule has 7 fully saturated rings. The molecule has 24 atom stereocenters. The van der Waals surface area contributed by atoms with Crippen molar-refractivity contribution in [2.45, 2.75) is 196 Å². The van der Waals surface area contributed by atoms with Crippen molar-refractivity contribution in [1.29, 1.82) is 0 Å². The number of ketones is 1. The minimum Gasteiger partial charge on any atom is -0.374 e. The highest BCUT2D eigenvalue weighted by Crippen LogP contribution is 2.60. The lowest BCUT2D eigenvalue weighted by Crippen LogP contribution is -2.61. The fourth-order valence-electron chi connectivity index (χ4n) is 11.2. The lowest BCUT2D eigenvalue weighted by Gasteiger charge is -2.48. The molecule has 9 unspecified atom stereocenters. The van der Waals surface area contributed by atoms with E-state index in [0.29, 0.717) is 31.1 Å². The Morgan fingerprint density at radius 1 is 0.733 bits per heavy atom. The standard InChI is InChI=1S/C43H74O9P8/c1-22-7-8-29-18-25(4)33(45-29)11-9-30-17-24(3)26(5)36(46-30)21-37-32(27(6)35(48-37)15-23(2)13-14-58-53)20-28(44)19-31-10-12-34-39(47-31)43(52-60(56)57)42-41(49-34)40(51-59(54)55)38(16-22)50-42/h23-24,27,29-43,58H,1,4-5,7-21,53-57H2,2-3,6H3/t23-,24-,27-,29+,30?,31-,32-,33+,34+,35-,36-,37?,38-,39+,40+,41+,42?,43+/m1/s1. The monoisotopic (exact) mass is 982 g/mol. The van der Waals surface area contributed by atoms with E-state index in [-0.39, 0.29) is 103 Å². The van der Waals surface area contributed by atoms with Crippen LogP contribution in [0.2, 0.25) is 0 Å². The molecule has 0 radical (unpaired) electrons. The summed E-state index contributed by atoms with van der Waals surface area (Å²) in [5, 5.41) is 0. The van der Waals surface area contributed by atoms with Gasteiger partial charge in [-0.3, -0.25) is 4.79 Å². The largest absolute Gasteiger partial charge is 0.374 e. The van der Waals surface area contributed by atoms with Crippen LogP contribution in [-0.4, -0.2) is 97.4 Å². The van der Waals surface area contributed by atoms with Gasteiger partial charge in [-0.2, -0.15) is 0 Å². The van der Waals surface area contributed by atoms with Crippen molar-refractivity contribution in [3.8, 4) is 0 Å². The number of carbonyl (C=O) groups excluding carboxylic acids is 1. The predicted molar refractivity (Wildman–Crippen MR) is 265 cm³/mol. The van der Waals surface area contributed by atoms with Gasteiger partial charge >= 0.3 is 0 Å². The molecule has 0 aliphatic carbocycles. The van der Waals surface area contributed by atoms with Crippen LogP contribution in [0.15, 0.2) is 36.5 Å². The number of hydrogen-bond donors (Lipinski definition) is 0. The first-order valence-electron chi connectivity index (χ1n) is 22.5. The third kappa shape index (κ3) is 12.6. The number of fused-ring (bicyclic) bond motifs is 7. The molecule has 7 rings (SSSR count). The minimum absolute atomic E-state index is 0.0326. The highest BCUT2D eigenvalue weighted by Gasteiger charge is 2.59. The van der Waals surface area contributed by atoms with Crippen LogP contribution in [0.4, 0.5) is 0 Å². The first-order chi connectivity index (χ1) is 28.7. The summed E-state index contributed by atoms with van der Waals surface area (Å²) in [7, 11) is 13.2. The summed E-state index contributed by atoms with van der Waals surface area (Å²) >= 11 is 0. The van der Waals surface area contributed by atoms with Crippen LogP contribution in [0.1, 0.15) is 111 Å². The van der Waals surface area contributed by atoms with E-state index in [1.807, 2.05) is 0 Å². The molecule has 0 aromatic heterocycles. The molecule has 0 N–H and O–H groups in total. The molecule has 7 heterocycles. The van der Waals surface area contributed by atoms with E-state index in [1.54, 1.807) is 0 Å². The van der Waals surface area contributed by atoms with Crippen LogP contribution in [0.25, 0.3) is 0 Å². The van der Waals surface area contributed by atoms with E-state index in [4.69, 9.17) is 37.5 Å². The van der Waals surface area contributed by atoms with Crippen molar-refractivity contribution in [1.82, 2.24) is 0 Å². The van der Waals surface area contributed by atoms with Crippen LogP contribution in [-0.2, 0) is 42.3 Å². The van der Waals surface area contributed by atoms with Gasteiger partial charge in [0.2, 0.25) is 0 Å². The van der Waals surface area contributed by atoms with Crippen LogP contribution in [0.3, 0.4) is 0 Å². The summed E-state index contributed by atoms with van der Waals surface area (Å²) in [6.07, 6.45) is 10.5. The Hall–Kier alpha value is 2.01. The minimum atomic E-state index is -0.901. The molecule has 9 nitrogen and oxygen atoms in total. The first-order valence-corrected chi connectivity index (χ1v) is 34.5. The SMILES string of the molecule is C=C1CC[C@H]2CC(=C)[C@H](CCC3C[C@@H](C)C(=C)[C@@H](CC4O[C@H](C[C@H](C)CCPP)[C@H](C)[C@H]4CC(=O)C[C@H]4CC[C@@H]5O[C@@H]6C(O[C@H](C1)[C@@H]6OP(P)P)[C@@H](OP(P)P)[C@H]5O4)O3)O2. The highest BCUT2D eigenvalue weighted by atomic mass is 32.4. The third-order valence-electron chi connectivity index (χ3n) is 14.6. The number of rotatable bonds is 9. The summed E-state index contributed by atoms with van der Waals surface area (Å²) in [5.41, 5.74) is 3.45. The van der Waals surface area contributed by atoms with Gasteiger partial charge in [0.05, 0.1) is 70.0 Å². The van der Waals surface area contributed by atoms with Gasteiger partial charge in [-0.25, -0.2) is 0 Å². The zero-order valence-corrected chi connectivity index (χ0v) is 44.6. The number of hydrogen-bond acceptors (Lipinski definition) is 9. The van der Waals surface area contributed by atoms with Gasteiger partial charge in [-0.15, -0.1) is 17.2 Å². The Morgan fingerprint density at radius 2 is 1.42 bits per heavy atom. The topological polar surface area (TPSA) is 90.9 Å². The second-order valence-corrected chi connectivity index (χ2v) is 32.8. The average molecular weight is 983 g/mol. The molecule has 60 heavy (non-hydrogen) atoms. The predicted octanol–water partition coefficient (Wildman–Crippen LogP) is 11.0. The Bertz CT molecular complexity index is 1510. The molecule has 17 heteroatoms. The highest BCUT2D eigenvalue weighted by molar-refractivity contribution is 8.41. The van der Waals surface area contributed by atoms with E-state index >= 15 is 0 Å². The average Bonchev–Trinajstić information content (AvgIpc) is 3.81. The molecule has 0 aromatic carbocycles. The number of ether oxygens (including phenoxy) is 6. The van der Waals surface area contributed by atoms with Gasteiger partial charge in [0.25, 0.3) is 0 Å². The summed E-state index contributed by atoms with van der Waals surface area (Å²) in [4.78, 5) is 14.3. The maximum absolute atomic E-state index is 14.3. The van der Waals surface area contributed by atoms with Gasteiger partial charge in [-0.05, 0) is 112 Å². The van der Waals surface area contributed by atoms with Crippen molar-refractivity contribution in [3.63, 3.8) is 0 Å². The van der Waals surface area contributed by atoms with Crippen LogP contribution < -0.4 is 0 Å². The summed E-state index contributed by atoms with van der Waals surface area (Å²) in [6, 6.07) is 0. The molecule has 7 aliphatic heterocycles. The van der Waals surface area contributed by atoms with Crippen LogP contribution in [0, 0.1) is 23.7 Å². The molecule has 0 saturated carbocycles. The van der Waals surface area contributed by atoms with E-state index in [1.165, 1.54) is 18.2 Å². The van der Waals surface area contributed by atoms with Crippen molar-refractivity contribution >= 4 is 73.7 Å². The Kier molecular flexibility index (Phi) is 19.0. The van der Waals surface area contributed by atoms with Crippen LogP contribution >= 0.6 is 68.0 Å². The van der Waals surface area contributed by atoms with E-state index in [0.717, 1.165) is 83.6 Å². The Balaban J connectivity index is 1.14. The molecule has 8 bridgehead atoms. The lowest BCUT2D eigenvalue weighted by molar-refractivity contribution is -0.251. The van der Waals surface area contributed by atoms with Gasteiger partial charge in [0.1, 0.15) is 36.3 Å². The van der Waals surface area contributed by atoms with Crippen molar-refractivity contribution in [2.75, 3.05) is 6.16 Å². The maximum atomic E-state index is 14.3. The second kappa shape index (κ2) is 22.9. The fourth-order valence-corrected chi connectivity index (χ4v) is 15.1. The molecule has 0 spiro atoms. The maximum Gasteiger partial charge on any atom is 0.135 e. The van der Waals surface area contributed by atoms with Crippen LogP contribution in [0.5, 0.6) is 0 Å². The zero-order valence-electron chi connectivity index (χ0n) is 36.1. The van der Waals surface area contributed by atoms with Crippen molar-refractivity contribution in [3.05, 3.63) is 36.5 Å². The Labute approximate surface area is 376 Å². The number of Topliss-reactive ketones (excluding diaryl/α,β-unsaturated/α-hetero) is 1. The summed E-state index contributed by atoms with van der Waals surface area (Å²) in [6.45, 7) is 20.5. The van der Waals surface area contributed by atoms with Gasteiger partial charge < -0.3 is 37.5 Å². The molecule has 7 aliphatic rings. The summed E-state index contributed by atoms with van der Waals surface area (Å²) in [5.74, 6) is 1.51. The quantitative estimate of drug-likeness (QED) is 0.165. The van der Waals surface area contributed by atoms with Gasteiger partial charge in [0.15, 0.2) is 0 Å². The van der Waals surface area contributed by atoms with E-state index in [2.05, 4.69) is 85.2 Å². The van der Waals surface area contributed by atoms with E-state index in [9.17, 15) is 4.79 Å². The fraction of sp³-hybridized carbons (Fsp3) is 0.837. The summed E-state index contributed by atoms with van der Waals surface area (Å²) < 4.78 is 54.8. The lowest BCUT2D eigenvalue weighted by atomic mass is 9.78. The molecular weight excluding hydrogens is 908 g/mol. The zero-order chi connectivity index (χ0) is 42.8. The van der Waals surface area contributed by atoms with Crippen molar-refractivity contribution in [2.24, 2.45) is 23.7 Å². The smallest absolute Gasteiger partial charge is 0.135 e. The Morgan fingerprint density at radius 3 is 2.17 bits per heavy atom. The second-order valence-electron chi connectivity index (χ2n) is 19.1. The molecule has 340 valence electrons. The first kappa shape index (κ1) is 49.9. The van der Waals surface area contributed by atoms with E-state index < -0.39 is 15.1 Å². The third-order valence-corrected chi connectivity index (χ3v) is 18.4. The van der Waals surface area contributed by atoms with Gasteiger partial charge in [-0.1, -0.05) is 81.8 Å². The van der Waals surface area contributed by atoms with Gasteiger partial charge in [0, 0.05) is 19.3 Å². The molecule has 0 aromatic rings. The molecule has 0 amide bonds. The normalized spacial score (nSPS) is 43.9. The van der Waals surface area contributed by atoms with Crippen molar-refractivity contribution < 1.29 is 42.3 Å².